The first-order chi connectivity index (χ1) is 6.18. The molecule has 0 aliphatic carbocycles. The number of hydrogen-bond acceptors (Lipinski definition) is 4. The van der Waals surface area contributed by atoms with Gasteiger partial charge in [-0.1, -0.05) is 0 Å². The van der Waals surface area contributed by atoms with Gasteiger partial charge in [0.25, 0.3) is 0 Å². The quantitative estimate of drug-likeness (QED) is 0.683. The molecule has 1 aliphatic heterocycles. The fourth-order valence-corrected chi connectivity index (χ4v) is 1.28. The van der Waals surface area contributed by atoms with Gasteiger partial charge in [0.05, 0.1) is 11.7 Å². The third kappa shape index (κ3) is 3.38. The van der Waals surface area contributed by atoms with Gasteiger partial charge < -0.3 is 14.6 Å². The molecule has 0 saturated heterocycles. The molecule has 4 nitrogen and oxygen atoms in total. The van der Waals surface area contributed by atoms with Gasteiger partial charge in [0, 0.05) is 20.3 Å². The summed E-state index contributed by atoms with van der Waals surface area (Å²) in [4.78, 5) is 11.1. The van der Waals surface area contributed by atoms with E-state index in [0.717, 1.165) is 0 Å². The topological polar surface area (TPSA) is 55.8 Å². The predicted molar refractivity (Wildman–Crippen MR) is 50.3 cm³/mol. The Morgan fingerprint density at radius 1 is 1.43 bits per heavy atom. The first kappa shape index (κ1) is 11.0. The normalized spacial score (nSPS) is 20.9. The second-order valence-electron chi connectivity index (χ2n) is 4.52. The Labute approximate surface area is 83.5 Å². The maximum atomic E-state index is 11.1. The minimum Gasteiger partial charge on any atom is -0.457 e. The molecule has 0 bridgehead atoms. The van der Waals surface area contributed by atoms with Gasteiger partial charge in [0.1, 0.15) is 5.76 Å². The summed E-state index contributed by atoms with van der Waals surface area (Å²) in [5.74, 6) is -0.911. The summed E-state index contributed by atoms with van der Waals surface area (Å²) < 4.78 is 10.3. The number of aliphatic hydroxyl groups is 1. The molecule has 1 heterocycles. The molecule has 4 heteroatoms. The van der Waals surface area contributed by atoms with Crippen molar-refractivity contribution in [3.63, 3.8) is 0 Å². The van der Waals surface area contributed by atoms with Crippen LogP contribution in [0.3, 0.4) is 0 Å². The van der Waals surface area contributed by atoms with Crippen LogP contribution in [0, 0.1) is 0 Å². The first-order valence-corrected chi connectivity index (χ1v) is 4.53. The summed E-state index contributed by atoms with van der Waals surface area (Å²) in [6.45, 7) is 6.62. The second kappa shape index (κ2) is 3.28. The summed E-state index contributed by atoms with van der Waals surface area (Å²) in [6.07, 6.45) is 1.56. The SMILES string of the molecule is CC(C)(O)CC1=CC(=O)OC(C)(C)O1. The van der Waals surface area contributed by atoms with Gasteiger partial charge >= 0.3 is 5.97 Å². The minimum absolute atomic E-state index is 0.297. The molecule has 0 aromatic carbocycles. The number of carbonyl (C=O) groups is 1. The van der Waals surface area contributed by atoms with Gasteiger partial charge in [-0.05, 0) is 13.8 Å². The Balaban J connectivity index is 2.75. The van der Waals surface area contributed by atoms with E-state index in [0.29, 0.717) is 12.2 Å². The van der Waals surface area contributed by atoms with Gasteiger partial charge in [-0.15, -0.1) is 0 Å². The molecule has 0 atom stereocenters. The molecule has 1 aliphatic rings. The van der Waals surface area contributed by atoms with Crippen LogP contribution >= 0.6 is 0 Å². The van der Waals surface area contributed by atoms with Crippen molar-refractivity contribution >= 4 is 5.97 Å². The van der Waals surface area contributed by atoms with Crippen LogP contribution in [0.15, 0.2) is 11.8 Å². The maximum Gasteiger partial charge on any atom is 0.337 e. The van der Waals surface area contributed by atoms with E-state index in [1.54, 1.807) is 27.7 Å². The Hall–Kier alpha value is -1.03. The lowest BCUT2D eigenvalue weighted by atomic mass is 10.0. The van der Waals surface area contributed by atoms with Gasteiger partial charge in [0.15, 0.2) is 0 Å². The Kier molecular flexibility index (Phi) is 2.58. The van der Waals surface area contributed by atoms with Crippen LogP contribution in [0.4, 0.5) is 0 Å². The average molecular weight is 200 g/mol. The third-order valence-corrected chi connectivity index (χ3v) is 1.61. The Morgan fingerprint density at radius 2 is 2.00 bits per heavy atom. The lowest BCUT2D eigenvalue weighted by Gasteiger charge is -2.32. The molecule has 14 heavy (non-hydrogen) atoms. The monoisotopic (exact) mass is 200 g/mol. The lowest BCUT2D eigenvalue weighted by Crippen LogP contribution is -2.36. The van der Waals surface area contributed by atoms with E-state index >= 15 is 0 Å². The predicted octanol–water partition coefficient (Wildman–Crippen LogP) is 1.34. The molecule has 0 unspecified atom stereocenters. The highest BCUT2D eigenvalue weighted by Gasteiger charge is 2.31. The second-order valence-corrected chi connectivity index (χ2v) is 4.52. The molecule has 0 amide bonds. The van der Waals surface area contributed by atoms with Crippen LogP contribution in [-0.4, -0.2) is 22.5 Å². The van der Waals surface area contributed by atoms with E-state index in [1.165, 1.54) is 6.08 Å². The van der Waals surface area contributed by atoms with E-state index in [2.05, 4.69) is 0 Å². The summed E-state index contributed by atoms with van der Waals surface area (Å²) >= 11 is 0. The van der Waals surface area contributed by atoms with Crippen molar-refractivity contribution in [2.45, 2.75) is 45.5 Å². The largest absolute Gasteiger partial charge is 0.457 e. The zero-order valence-corrected chi connectivity index (χ0v) is 8.96. The van der Waals surface area contributed by atoms with Crippen LogP contribution in [0.5, 0.6) is 0 Å². The molecule has 0 radical (unpaired) electrons. The molecule has 0 fully saturated rings. The van der Waals surface area contributed by atoms with E-state index in [1.807, 2.05) is 0 Å². The molecular weight excluding hydrogens is 184 g/mol. The van der Waals surface area contributed by atoms with Crippen molar-refractivity contribution < 1.29 is 19.4 Å². The highest BCUT2D eigenvalue weighted by molar-refractivity contribution is 5.83. The van der Waals surface area contributed by atoms with Crippen LogP contribution < -0.4 is 0 Å². The van der Waals surface area contributed by atoms with Crippen LogP contribution in [-0.2, 0) is 14.3 Å². The van der Waals surface area contributed by atoms with Gasteiger partial charge in [-0.3, -0.25) is 0 Å². The van der Waals surface area contributed by atoms with Crippen molar-refractivity contribution in [2.24, 2.45) is 0 Å². The molecule has 1 N–H and O–H groups in total. The van der Waals surface area contributed by atoms with Crippen molar-refractivity contribution in [2.75, 3.05) is 0 Å². The van der Waals surface area contributed by atoms with Crippen molar-refractivity contribution in [3.8, 4) is 0 Å². The van der Waals surface area contributed by atoms with E-state index in [9.17, 15) is 9.90 Å². The number of cyclic esters (lactones) is 1. The fourth-order valence-electron chi connectivity index (χ4n) is 1.28. The van der Waals surface area contributed by atoms with Crippen LogP contribution in [0.1, 0.15) is 34.1 Å². The summed E-state index contributed by atoms with van der Waals surface area (Å²) in [5, 5.41) is 9.55. The van der Waals surface area contributed by atoms with Gasteiger partial charge in [-0.25, -0.2) is 4.79 Å². The molecular formula is C10H16O4. The molecule has 1 rings (SSSR count). The van der Waals surface area contributed by atoms with Crippen LogP contribution in [0.2, 0.25) is 0 Å². The number of ether oxygens (including phenoxy) is 2. The highest BCUT2D eigenvalue weighted by Crippen LogP contribution is 2.27. The fraction of sp³-hybridized carbons (Fsp3) is 0.700. The average Bonchev–Trinajstić information content (AvgIpc) is 1.74. The van der Waals surface area contributed by atoms with Crippen LogP contribution in [0.25, 0.3) is 0 Å². The first-order valence-electron chi connectivity index (χ1n) is 4.53. The standard InChI is InChI=1S/C10H16O4/c1-9(2,12)6-7-5-8(11)14-10(3,4)13-7/h5,12H,6H2,1-4H3. The Morgan fingerprint density at radius 3 is 2.43 bits per heavy atom. The van der Waals surface area contributed by atoms with E-state index in [-0.39, 0.29) is 0 Å². The molecule has 0 aromatic heterocycles. The van der Waals surface area contributed by atoms with Gasteiger partial charge in [-0.2, -0.15) is 0 Å². The van der Waals surface area contributed by atoms with Crippen molar-refractivity contribution in [3.05, 3.63) is 11.8 Å². The van der Waals surface area contributed by atoms with Gasteiger partial charge in [0.2, 0.25) is 5.79 Å². The summed E-state index contributed by atoms with van der Waals surface area (Å²) in [5.41, 5.74) is -0.889. The van der Waals surface area contributed by atoms with Crippen molar-refractivity contribution in [1.82, 2.24) is 0 Å². The molecule has 80 valence electrons. The summed E-state index contributed by atoms with van der Waals surface area (Å²) in [6, 6.07) is 0. The third-order valence-electron chi connectivity index (χ3n) is 1.61. The highest BCUT2D eigenvalue weighted by atomic mass is 16.7. The number of esters is 1. The lowest BCUT2D eigenvalue weighted by molar-refractivity contribution is -0.207. The zero-order chi connectivity index (χ0) is 11.0. The summed E-state index contributed by atoms with van der Waals surface area (Å²) in [7, 11) is 0. The minimum atomic E-state index is -0.938. The number of rotatable bonds is 2. The smallest absolute Gasteiger partial charge is 0.337 e. The molecule has 0 aromatic rings. The molecule has 0 spiro atoms. The van der Waals surface area contributed by atoms with E-state index < -0.39 is 17.4 Å². The van der Waals surface area contributed by atoms with E-state index in [4.69, 9.17) is 9.47 Å². The number of hydrogen-bond donors (Lipinski definition) is 1. The molecule has 0 saturated carbocycles. The maximum absolute atomic E-state index is 11.1. The Bertz CT molecular complexity index is 270. The zero-order valence-electron chi connectivity index (χ0n) is 8.96. The van der Waals surface area contributed by atoms with Crippen molar-refractivity contribution in [1.29, 1.82) is 0 Å². The number of carbonyl (C=O) groups excluding carboxylic acids is 1.